The second-order valence-electron chi connectivity index (χ2n) is 9.24. The molecule has 0 aliphatic carbocycles. The summed E-state index contributed by atoms with van der Waals surface area (Å²) in [4.78, 5) is 0. The van der Waals surface area contributed by atoms with Gasteiger partial charge in [0.2, 0.25) is 0 Å². The molecule has 5 nitrogen and oxygen atoms in total. The van der Waals surface area contributed by atoms with Crippen molar-refractivity contribution in [3.63, 3.8) is 0 Å². The molecule has 0 rings (SSSR count). The van der Waals surface area contributed by atoms with E-state index in [4.69, 9.17) is 15.6 Å². The van der Waals surface area contributed by atoms with Crippen LogP contribution in [0.25, 0.3) is 0 Å². The molecule has 0 aromatic carbocycles. The second-order valence-corrected chi connectivity index (χ2v) is 18.1. The van der Waals surface area contributed by atoms with E-state index in [-0.39, 0.29) is 0 Å². The van der Waals surface area contributed by atoms with Gasteiger partial charge in [-0.1, -0.05) is 13.8 Å². The molecule has 0 radical (unpaired) electrons. The van der Waals surface area contributed by atoms with Crippen LogP contribution in [0.2, 0.25) is 38.3 Å². The summed E-state index contributed by atoms with van der Waals surface area (Å²) in [6.07, 6.45) is 6.71. The molecule has 6 N–H and O–H groups in total. The minimum absolute atomic E-state index is 0.344. The van der Waals surface area contributed by atoms with E-state index in [1.165, 1.54) is 24.9 Å². The van der Waals surface area contributed by atoms with Crippen molar-refractivity contribution in [3.8, 4) is 0 Å². The fourth-order valence-electron chi connectivity index (χ4n) is 3.36. The van der Waals surface area contributed by atoms with Gasteiger partial charge in [0.1, 0.15) is 0 Å². The van der Waals surface area contributed by atoms with Crippen LogP contribution in [-0.4, -0.2) is 54.9 Å². The number of nitrogens with two attached hydrogens (primary N) is 2. The Morgan fingerprint density at radius 3 is 1.41 bits per heavy atom. The zero-order valence-corrected chi connectivity index (χ0v) is 21.2. The first kappa shape index (κ1) is 27.2. The Balaban J connectivity index is 3.84. The van der Waals surface area contributed by atoms with Gasteiger partial charge in [0.05, 0.1) is 0 Å². The summed E-state index contributed by atoms with van der Waals surface area (Å²) >= 11 is 0. The van der Waals surface area contributed by atoms with Gasteiger partial charge in [-0.2, -0.15) is 0 Å². The highest BCUT2D eigenvalue weighted by Gasteiger charge is 2.32. The highest BCUT2D eigenvalue weighted by Crippen LogP contribution is 2.23. The van der Waals surface area contributed by atoms with Crippen molar-refractivity contribution in [1.82, 2.24) is 10.6 Å². The summed E-state index contributed by atoms with van der Waals surface area (Å²) < 4.78 is 6.73. The van der Waals surface area contributed by atoms with E-state index in [1.54, 1.807) is 0 Å². The summed E-state index contributed by atoms with van der Waals surface area (Å²) in [6, 6.07) is 3.17. The molecule has 164 valence electrons. The third kappa shape index (κ3) is 16.9. The van der Waals surface area contributed by atoms with Crippen LogP contribution >= 0.6 is 0 Å². The lowest BCUT2D eigenvalue weighted by atomic mass is 10.2. The Kier molecular flexibility index (Phi) is 15.3. The molecule has 2 unspecified atom stereocenters. The normalized spacial score (nSPS) is 15.1. The standard InChI is InChI=1S/C20H50N4OSi2/c1-7-19(21)11-15-23-13-9-17-26(3,4)25-27(5,6)18-10-14-24-16-12-20(22)8-2/h19-20,23-24H,7-18,21-22H2,1-6H3. The highest BCUT2D eigenvalue weighted by molar-refractivity contribution is 6.84. The van der Waals surface area contributed by atoms with E-state index in [0.29, 0.717) is 12.1 Å². The lowest BCUT2D eigenvalue weighted by molar-refractivity contribution is 0.514. The lowest BCUT2D eigenvalue weighted by Crippen LogP contribution is -2.44. The molecular formula is C20H50N4OSi2. The molecule has 0 saturated heterocycles. The molecule has 0 spiro atoms. The van der Waals surface area contributed by atoms with Gasteiger partial charge in [0.25, 0.3) is 0 Å². The maximum Gasteiger partial charge on any atom is 0.173 e. The molecule has 0 fully saturated rings. The summed E-state index contributed by atoms with van der Waals surface area (Å²) in [5.74, 6) is 0. The molecular weight excluding hydrogens is 368 g/mol. The fourth-order valence-corrected chi connectivity index (χ4v) is 12.2. The van der Waals surface area contributed by atoms with Gasteiger partial charge in [-0.25, -0.2) is 0 Å². The molecule has 0 aliphatic heterocycles. The number of hydrogen-bond donors (Lipinski definition) is 4. The van der Waals surface area contributed by atoms with Gasteiger partial charge in [0, 0.05) is 12.1 Å². The monoisotopic (exact) mass is 418 g/mol. The van der Waals surface area contributed by atoms with Crippen molar-refractivity contribution in [2.45, 2.75) is 103 Å². The van der Waals surface area contributed by atoms with Crippen LogP contribution in [0.4, 0.5) is 0 Å². The Hall–Kier alpha value is 0.234. The average Bonchev–Trinajstić information content (AvgIpc) is 2.59. The highest BCUT2D eigenvalue weighted by atomic mass is 28.4. The van der Waals surface area contributed by atoms with Crippen molar-refractivity contribution in [3.05, 3.63) is 0 Å². The summed E-state index contributed by atoms with van der Waals surface area (Å²) in [5.41, 5.74) is 11.9. The second kappa shape index (κ2) is 15.1. The Bertz CT molecular complexity index is 325. The van der Waals surface area contributed by atoms with Crippen LogP contribution in [0, 0.1) is 0 Å². The van der Waals surface area contributed by atoms with Crippen LogP contribution < -0.4 is 22.1 Å². The third-order valence-electron chi connectivity index (χ3n) is 5.25. The molecule has 7 heteroatoms. The van der Waals surface area contributed by atoms with Gasteiger partial charge in [-0.05, 0) is 103 Å². The quantitative estimate of drug-likeness (QED) is 0.202. The summed E-state index contributed by atoms with van der Waals surface area (Å²) in [6.45, 7) is 18.1. The van der Waals surface area contributed by atoms with Crippen LogP contribution in [-0.2, 0) is 4.12 Å². The fraction of sp³-hybridized carbons (Fsp3) is 1.00. The van der Waals surface area contributed by atoms with Crippen LogP contribution in [0.3, 0.4) is 0 Å². The van der Waals surface area contributed by atoms with E-state index < -0.39 is 16.6 Å². The van der Waals surface area contributed by atoms with Crippen LogP contribution in [0.5, 0.6) is 0 Å². The molecule has 27 heavy (non-hydrogen) atoms. The lowest BCUT2D eigenvalue weighted by Gasteiger charge is -2.34. The SMILES string of the molecule is CCC(N)CCNCCC[Si](C)(C)O[Si](C)(C)CCCNCCC(N)CC. The Labute approximate surface area is 172 Å². The predicted molar refractivity (Wildman–Crippen MR) is 126 cm³/mol. The molecule has 0 bridgehead atoms. The number of rotatable bonds is 18. The van der Waals surface area contributed by atoms with Crippen LogP contribution in [0.1, 0.15) is 52.4 Å². The predicted octanol–water partition coefficient (Wildman–Crippen LogP) is 3.63. The molecule has 0 heterocycles. The molecule has 0 saturated carbocycles. The summed E-state index contributed by atoms with van der Waals surface area (Å²) in [5, 5.41) is 7.07. The smallest absolute Gasteiger partial charge is 0.173 e. The van der Waals surface area contributed by atoms with Crippen molar-refractivity contribution in [2.75, 3.05) is 26.2 Å². The maximum absolute atomic E-state index is 6.73. The zero-order valence-electron chi connectivity index (χ0n) is 19.2. The van der Waals surface area contributed by atoms with E-state index >= 15 is 0 Å². The van der Waals surface area contributed by atoms with E-state index in [2.05, 4.69) is 50.7 Å². The Morgan fingerprint density at radius 1 is 0.704 bits per heavy atom. The minimum atomic E-state index is -1.56. The zero-order chi connectivity index (χ0) is 20.8. The topological polar surface area (TPSA) is 85.3 Å². The van der Waals surface area contributed by atoms with Gasteiger partial charge in [-0.3, -0.25) is 0 Å². The van der Waals surface area contributed by atoms with Crippen molar-refractivity contribution >= 4 is 16.6 Å². The first-order valence-electron chi connectivity index (χ1n) is 11.2. The van der Waals surface area contributed by atoms with Crippen molar-refractivity contribution in [2.24, 2.45) is 11.5 Å². The Morgan fingerprint density at radius 2 is 1.07 bits per heavy atom. The van der Waals surface area contributed by atoms with E-state index in [0.717, 1.165) is 51.9 Å². The van der Waals surface area contributed by atoms with Crippen molar-refractivity contribution in [1.29, 1.82) is 0 Å². The largest absolute Gasteiger partial charge is 0.455 e. The summed E-state index contributed by atoms with van der Waals surface area (Å²) in [7, 11) is -3.13. The van der Waals surface area contributed by atoms with Gasteiger partial charge in [-0.15, -0.1) is 0 Å². The third-order valence-corrected chi connectivity index (χ3v) is 12.8. The molecule has 0 amide bonds. The molecule has 0 aromatic rings. The first-order valence-corrected chi connectivity index (χ1v) is 17.5. The number of hydrogen-bond acceptors (Lipinski definition) is 5. The first-order chi connectivity index (χ1) is 12.6. The van der Waals surface area contributed by atoms with Gasteiger partial charge in [0.15, 0.2) is 16.6 Å². The van der Waals surface area contributed by atoms with Crippen LogP contribution in [0.15, 0.2) is 0 Å². The van der Waals surface area contributed by atoms with E-state index in [1.807, 2.05) is 0 Å². The molecule has 2 atom stereocenters. The maximum atomic E-state index is 6.73. The van der Waals surface area contributed by atoms with E-state index in [9.17, 15) is 0 Å². The van der Waals surface area contributed by atoms with Gasteiger partial charge >= 0.3 is 0 Å². The van der Waals surface area contributed by atoms with Crippen molar-refractivity contribution < 1.29 is 4.12 Å². The number of nitrogens with one attached hydrogen (secondary N) is 2. The minimum Gasteiger partial charge on any atom is -0.455 e. The molecule has 0 aliphatic rings. The van der Waals surface area contributed by atoms with Gasteiger partial charge < -0.3 is 26.2 Å². The molecule has 0 aromatic heterocycles. The average molecular weight is 419 g/mol.